The van der Waals surface area contributed by atoms with Crippen molar-refractivity contribution >= 4 is 12.3 Å². The minimum Gasteiger partial charge on any atom is -0.465 e. The standard InChI is InChI=1S/C23H20N2O4/c1-23(2,13-26)20-16-10-11-24-12-19(16)29-21-17(20)8-9-18(25-21)14-4-6-15(7-5-14)22(27)28-3/h4-13,20H,1-3H3. The van der Waals surface area contributed by atoms with Gasteiger partial charge in [-0.15, -0.1) is 0 Å². The van der Waals surface area contributed by atoms with Gasteiger partial charge in [-0.2, -0.15) is 0 Å². The Balaban J connectivity index is 1.78. The number of pyridine rings is 2. The average Bonchev–Trinajstić information content (AvgIpc) is 2.76. The second kappa shape index (κ2) is 7.13. The first-order chi connectivity index (χ1) is 13.9. The zero-order valence-electron chi connectivity index (χ0n) is 16.4. The first kappa shape index (κ1) is 18.8. The molecule has 0 aliphatic carbocycles. The van der Waals surface area contributed by atoms with Crippen molar-refractivity contribution in [2.75, 3.05) is 7.11 Å². The number of aldehydes is 1. The minimum atomic E-state index is -0.639. The van der Waals surface area contributed by atoms with Crippen LogP contribution in [0.2, 0.25) is 0 Å². The highest BCUT2D eigenvalue weighted by Crippen LogP contribution is 2.50. The zero-order valence-corrected chi connectivity index (χ0v) is 16.4. The summed E-state index contributed by atoms with van der Waals surface area (Å²) in [5.41, 5.74) is 3.15. The largest absolute Gasteiger partial charge is 0.465 e. The molecule has 146 valence electrons. The molecule has 6 heteroatoms. The number of fused-ring (bicyclic) bond motifs is 2. The molecule has 1 aliphatic heterocycles. The number of hydrogen-bond donors (Lipinski definition) is 0. The fourth-order valence-corrected chi connectivity index (χ4v) is 3.66. The second-order valence-electron chi connectivity index (χ2n) is 7.55. The van der Waals surface area contributed by atoms with Crippen molar-refractivity contribution in [3.63, 3.8) is 0 Å². The van der Waals surface area contributed by atoms with Gasteiger partial charge >= 0.3 is 5.97 Å². The van der Waals surface area contributed by atoms with Gasteiger partial charge in [0.15, 0.2) is 5.75 Å². The number of nitrogens with zero attached hydrogens (tertiary/aromatic N) is 2. The van der Waals surface area contributed by atoms with Crippen molar-refractivity contribution in [3.8, 4) is 22.9 Å². The molecule has 2 aromatic heterocycles. The summed E-state index contributed by atoms with van der Waals surface area (Å²) in [7, 11) is 1.35. The second-order valence-corrected chi connectivity index (χ2v) is 7.55. The predicted molar refractivity (Wildman–Crippen MR) is 107 cm³/mol. The zero-order chi connectivity index (χ0) is 20.6. The number of carbonyl (C=O) groups excluding carboxylic acids is 2. The predicted octanol–water partition coefficient (Wildman–Crippen LogP) is 4.39. The Kier molecular flexibility index (Phi) is 4.62. The third-order valence-corrected chi connectivity index (χ3v) is 5.18. The third kappa shape index (κ3) is 3.27. The molecule has 3 aromatic rings. The van der Waals surface area contributed by atoms with Gasteiger partial charge < -0.3 is 14.3 Å². The maximum atomic E-state index is 11.8. The Hall–Kier alpha value is -3.54. The minimum absolute atomic E-state index is 0.190. The molecular weight excluding hydrogens is 368 g/mol. The first-order valence-corrected chi connectivity index (χ1v) is 9.22. The van der Waals surface area contributed by atoms with Crippen LogP contribution in [-0.2, 0) is 9.53 Å². The van der Waals surface area contributed by atoms with Crippen molar-refractivity contribution in [1.82, 2.24) is 9.97 Å². The smallest absolute Gasteiger partial charge is 0.337 e. The van der Waals surface area contributed by atoms with E-state index in [2.05, 4.69) is 4.98 Å². The van der Waals surface area contributed by atoms with E-state index < -0.39 is 5.41 Å². The van der Waals surface area contributed by atoms with E-state index in [1.807, 2.05) is 44.2 Å². The van der Waals surface area contributed by atoms with Gasteiger partial charge in [0.05, 0.1) is 24.6 Å². The molecule has 0 radical (unpaired) electrons. The molecule has 0 fully saturated rings. The summed E-state index contributed by atoms with van der Waals surface area (Å²) in [6.45, 7) is 3.81. The molecule has 0 spiro atoms. The van der Waals surface area contributed by atoms with Gasteiger partial charge in [0.1, 0.15) is 6.29 Å². The Labute approximate surface area is 168 Å². The molecule has 0 saturated heterocycles. The molecule has 29 heavy (non-hydrogen) atoms. The Bertz CT molecular complexity index is 1090. The van der Waals surface area contributed by atoms with Gasteiger partial charge in [-0.1, -0.05) is 32.0 Å². The van der Waals surface area contributed by atoms with Crippen molar-refractivity contribution in [2.24, 2.45) is 5.41 Å². The third-order valence-electron chi connectivity index (χ3n) is 5.18. The molecule has 1 aromatic carbocycles. The summed E-state index contributed by atoms with van der Waals surface area (Å²) in [4.78, 5) is 32.3. The Morgan fingerprint density at radius 1 is 1.10 bits per heavy atom. The monoisotopic (exact) mass is 388 g/mol. The quantitative estimate of drug-likeness (QED) is 0.487. The number of esters is 1. The lowest BCUT2D eigenvalue weighted by molar-refractivity contribution is -0.115. The number of methoxy groups -OCH3 is 1. The van der Waals surface area contributed by atoms with E-state index in [1.54, 1.807) is 24.5 Å². The summed E-state index contributed by atoms with van der Waals surface area (Å²) in [5, 5.41) is 0. The molecule has 4 rings (SSSR count). The normalized spacial score (nSPS) is 14.9. The molecule has 3 heterocycles. The van der Waals surface area contributed by atoms with Gasteiger partial charge in [0.25, 0.3) is 0 Å². The number of benzene rings is 1. The molecule has 0 bridgehead atoms. The maximum Gasteiger partial charge on any atom is 0.337 e. The fourth-order valence-electron chi connectivity index (χ4n) is 3.66. The molecular formula is C23H20N2O4. The summed E-state index contributed by atoms with van der Waals surface area (Å²) in [6.07, 6.45) is 4.31. The topological polar surface area (TPSA) is 78.4 Å². The molecule has 0 N–H and O–H groups in total. The van der Waals surface area contributed by atoms with Gasteiger partial charge in [-0.25, -0.2) is 9.78 Å². The number of ether oxygens (including phenoxy) is 2. The van der Waals surface area contributed by atoms with Gasteiger partial charge in [0, 0.05) is 34.2 Å². The molecule has 0 amide bonds. The van der Waals surface area contributed by atoms with Crippen LogP contribution in [0, 0.1) is 5.41 Å². The van der Waals surface area contributed by atoms with Crippen molar-refractivity contribution in [3.05, 3.63) is 71.5 Å². The number of carbonyl (C=O) groups is 2. The molecule has 1 atom stereocenters. The van der Waals surface area contributed by atoms with Gasteiger partial charge in [-0.3, -0.25) is 4.98 Å². The molecule has 1 aliphatic rings. The number of hydrogen-bond acceptors (Lipinski definition) is 6. The number of rotatable bonds is 4. The van der Waals surface area contributed by atoms with Crippen molar-refractivity contribution in [2.45, 2.75) is 19.8 Å². The van der Waals surface area contributed by atoms with Crippen LogP contribution in [0.4, 0.5) is 0 Å². The lowest BCUT2D eigenvalue weighted by atomic mass is 9.71. The van der Waals surface area contributed by atoms with E-state index in [0.29, 0.717) is 22.9 Å². The van der Waals surface area contributed by atoms with Gasteiger partial charge in [-0.05, 0) is 24.3 Å². The highest BCUT2D eigenvalue weighted by Gasteiger charge is 2.39. The van der Waals surface area contributed by atoms with Crippen LogP contribution >= 0.6 is 0 Å². The molecule has 6 nitrogen and oxygen atoms in total. The fraction of sp³-hybridized carbons (Fsp3) is 0.217. The van der Waals surface area contributed by atoms with Crippen molar-refractivity contribution in [1.29, 1.82) is 0 Å². The van der Waals surface area contributed by atoms with E-state index in [1.165, 1.54) is 7.11 Å². The van der Waals surface area contributed by atoms with E-state index in [9.17, 15) is 9.59 Å². The SMILES string of the molecule is COC(=O)c1ccc(-c2ccc3c(n2)Oc2cnccc2C3C(C)(C)C=O)cc1. The van der Waals surface area contributed by atoms with Crippen LogP contribution in [0.3, 0.4) is 0 Å². The van der Waals surface area contributed by atoms with Crippen LogP contribution in [0.15, 0.2) is 54.9 Å². The Morgan fingerprint density at radius 3 is 2.55 bits per heavy atom. The van der Waals surface area contributed by atoms with E-state index in [0.717, 1.165) is 23.0 Å². The summed E-state index contributed by atoms with van der Waals surface area (Å²) < 4.78 is 10.8. The first-order valence-electron chi connectivity index (χ1n) is 9.22. The van der Waals surface area contributed by atoms with E-state index >= 15 is 0 Å². The highest BCUT2D eigenvalue weighted by atomic mass is 16.5. The summed E-state index contributed by atoms with van der Waals surface area (Å²) in [5.74, 6) is 0.483. The lowest BCUT2D eigenvalue weighted by Crippen LogP contribution is -2.28. The van der Waals surface area contributed by atoms with Crippen molar-refractivity contribution < 1.29 is 19.1 Å². The maximum absolute atomic E-state index is 11.8. The van der Waals surface area contributed by atoms with Gasteiger partial charge in [0.2, 0.25) is 5.88 Å². The lowest BCUT2D eigenvalue weighted by Gasteiger charge is -2.35. The van der Waals surface area contributed by atoms with Crippen LogP contribution in [0.1, 0.15) is 41.3 Å². The molecule has 0 saturated carbocycles. The Morgan fingerprint density at radius 2 is 1.86 bits per heavy atom. The average molecular weight is 388 g/mol. The highest BCUT2D eigenvalue weighted by molar-refractivity contribution is 5.89. The van der Waals surface area contributed by atoms with E-state index in [4.69, 9.17) is 14.5 Å². The van der Waals surface area contributed by atoms with E-state index in [-0.39, 0.29) is 11.9 Å². The summed E-state index contributed by atoms with van der Waals surface area (Å²) >= 11 is 0. The summed E-state index contributed by atoms with van der Waals surface area (Å²) in [6, 6.07) is 12.7. The van der Waals surface area contributed by atoms with Crippen LogP contribution in [0.5, 0.6) is 11.6 Å². The van der Waals surface area contributed by atoms with Crippen LogP contribution in [0.25, 0.3) is 11.3 Å². The van der Waals surface area contributed by atoms with Crippen LogP contribution < -0.4 is 4.74 Å². The number of aromatic nitrogens is 2. The molecule has 1 unspecified atom stereocenters. The van der Waals surface area contributed by atoms with Crippen LogP contribution in [-0.4, -0.2) is 29.3 Å².